The molecule has 0 aliphatic rings. The molecule has 4 rings (SSSR count). The zero-order valence-electron chi connectivity index (χ0n) is 14.9. The summed E-state index contributed by atoms with van der Waals surface area (Å²) in [6.45, 7) is 0. The van der Waals surface area contributed by atoms with Gasteiger partial charge < -0.3 is 10.6 Å². The summed E-state index contributed by atoms with van der Waals surface area (Å²) in [5.74, 6) is -0.642. The number of rotatable bonds is 5. The molecule has 0 radical (unpaired) electrons. The van der Waals surface area contributed by atoms with Gasteiger partial charge in [-0.2, -0.15) is 0 Å². The summed E-state index contributed by atoms with van der Waals surface area (Å²) in [6, 6.07) is 17.8. The summed E-state index contributed by atoms with van der Waals surface area (Å²) in [5, 5.41) is 8.65. The molecule has 2 N–H and O–H groups in total. The number of carbonyl (C=O) groups is 2. The van der Waals surface area contributed by atoms with E-state index in [4.69, 9.17) is 11.6 Å². The van der Waals surface area contributed by atoms with Gasteiger partial charge in [0.1, 0.15) is 9.88 Å². The van der Waals surface area contributed by atoms with Gasteiger partial charge in [0.05, 0.1) is 21.7 Å². The van der Waals surface area contributed by atoms with E-state index in [0.29, 0.717) is 21.3 Å². The lowest BCUT2D eigenvalue weighted by Gasteiger charge is -2.09. The molecule has 0 spiro atoms. The molecular formula is C21H14ClN3O2S2. The molecule has 0 saturated heterocycles. The average Bonchev–Trinajstić information content (AvgIpc) is 3.42. The molecular weight excluding hydrogens is 426 g/mol. The molecule has 2 amide bonds. The Balaban J connectivity index is 1.50. The molecule has 8 heteroatoms. The predicted molar refractivity (Wildman–Crippen MR) is 119 cm³/mol. The number of nitrogens with one attached hydrogen (secondary N) is 2. The summed E-state index contributed by atoms with van der Waals surface area (Å²) in [6.07, 6.45) is 1.55. The van der Waals surface area contributed by atoms with Crippen LogP contribution in [0.2, 0.25) is 5.02 Å². The Hall–Kier alpha value is -3.00. The van der Waals surface area contributed by atoms with Gasteiger partial charge in [0.25, 0.3) is 11.8 Å². The van der Waals surface area contributed by atoms with Crippen molar-refractivity contribution in [3.8, 4) is 9.88 Å². The van der Waals surface area contributed by atoms with E-state index in [-0.39, 0.29) is 17.4 Å². The number of hydrogen-bond acceptors (Lipinski definition) is 5. The zero-order valence-corrected chi connectivity index (χ0v) is 17.3. The van der Waals surface area contributed by atoms with Crippen molar-refractivity contribution >= 4 is 57.5 Å². The number of thiophene rings is 1. The molecule has 0 bridgehead atoms. The Morgan fingerprint density at radius 1 is 0.897 bits per heavy atom. The summed E-state index contributed by atoms with van der Waals surface area (Å²) >= 11 is 9.08. The Morgan fingerprint density at radius 3 is 2.45 bits per heavy atom. The van der Waals surface area contributed by atoms with Crippen LogP contribution in [0, 0.1) is 0 Å². The van der Waals surface area contributed by atoms with Crippen LogP contribution in [0.1, 0.15) is 20.0 Å². The maximum Gasteiger partial charge on any atom is 0.267 e. The first-order chi connectivity index (χ1) is 14.1. The quantitative estimate of drug-likeness (QED) is 0.398. The highest BCUT2D eigenvalue weighted by molar-refractivity contribution is 7.22. The predicted octanol–water partition coefficient (Wildman–Crippen LogP) is 6.03. The number of nitrogens with zero attached hydrogens (tertiary/aromatic N) is 1. The van der Waals surface area contributed by atoms with Crippen molar-refractivity contribution in [3.63, 3.8) is 0 Å². The second-order valence-electron chi connectivity index (χ2n) is 5.98. The van der Waals surface area contributed by atoms with Crippen LogP contribution in [0.25, 0.3) is 9.88 Å². The van der Waals surface area contributed by atoms with Crippen LogP contribution >= 0.6 is 34.3 Å². The van der Waals surface area contributed by atoms with E-state index in [1.807, 2.05) is 35.7 Å². The van der Waals surface area contributed by atoms with Crippen molar-refractivity contribution in [3.05, 3.63) is 87.7 Å². The third-order valence-corrected chi connectivity index (χ3v) is 6.33. The Kier molecular flexibility index (Phi) is 5.71. The van der Waals surface area contributed by atoms with Crippen LogP contribution in [0.3, 0.4) is 0 Å². The second kappa shape index (κ2) is 8.57. The monoisotopic (exact) mass is 439 g/mol. The molecule has 29 heavy (non-hydrogen) atoms. The minimum absolute atomic E-state index is 0.275. The Labute approximate surface area is 180 Å². The van der Waals surface area contributed by atoms with Crippen molar-refractivity contribution in [1.29, 1.82) is 0 Å². The second-order valence-corrected chi connectivity index (χ2v) is 8.36. The third kappa shape index (κ3) is 4.54. The van der Waals surface area contributed by atoms with Gasteiger partial charge in [0, 0.05) is 11.4 Å². The molecule has 2 heterocycles. The maximum absolute atomic E-state index is 12.6. The van der Waals surface area contributed by atoms with Gasteiger partial charge in [0.2, 0.25) is 0 Å². The molecule has 2 aromatic carbocycles. The van der Waals surface area contributed by atoms with Crippen LogP contribution in [-0.2, 0) is 0 Å². The topological polar surface area (TPSA) is 71.1 Å². The van der Waals surface area contributed by atoms with Gasteiger partial charge in [-0.15, -0.1) is 22.7 Å². The number of para-hydroxylation sites is 1. The number of benzene rings is 2. The lowest BCUT2D eigenvalue weighted by atomic mass is 10.1. The highest BCUT2D eigenvalue weighted by Crippen LogP contribution is 2.29. The summed E-state index contributed by atoms with van der Waals surface area (Å²) in [7, 11) is 0. The molecule has 0 atom stereocenters. The van der Waals surface area contributed by atoms with E-state index in [0.717, 1.165) is 9.88 Å². The lowest BCUT2D eigenvalue weighted by Crippen LogP contribution is -2.14. The van der Waals surface area contributed by atoms with Crippen molar-refractivity contribution < 1.29 is 9.59 Å². The Bertz CT molecular complexity index is 1160. The fraction of sp³-hybridized carbons (Fsp3) is 0. The standard InChI is InChI=1S/C21H14ClN3O2S2/c22-16-9-8-14(11-15(16)19(26)24-13-5-2-1-3-6-13)25-20(27)18-12-23-21(29-18)17-7-4-10-28-17/h1-12H,(H,24,26)(H,25,27). The average molecular weight is 440 g/mol. The van der Waals surface area contributed by atoms with Gasteiger partial charge in [-0.25, -0.2) is 4.98 Å². The molecule has 0 saturated carbocycles. The highest BCUT2D eigenvalue weighted by Gasteiger charge is 2.15. The van der Waals surface area contributed by atoms with Crippen molar-refractivity contribution in [2.45, 2.75) is 0 Å². The van der Waals surface area contributed by atoms with Gasteiger partial charge in [-0.1, -0.05) is 35.9 Å². The van der Waals surface area contributed by atoms with Gasteiger partial charge in [0.15, 0.2) is 0 Å². The molecule has 0 fully saturated rings. The number of aromatic nitrogens is 1. The van der Waals surface area contributed by atoms with E-state index in [2.05, 4.69) is 15.6 Å². The molecule has 0 unspecified atom stereocenters. The zero-order chi connectivity index (χ0) is 20.2. The van der Waals surface area contributed by atoms with Crippen LogP contribution in [0.5, 0.6) is 0 Å². The van der Waals surface area contributed by atoms with Crippen LogP contribution in [-0.4, -0.2) is 16.8 Å². The van der Waals surface area contributed by atoms with Crippen LogP contribution < -0.4 is 10.6 Å². The van der Waals surface area contributed by atoms with Gasteiger partial charge in [-0.05, 0) is 41.8 Å². The van der Waals surface area contributed by atoms with E-state index < -0.39 is 0 Å². The number of thiazole rings is 1. The van der Waals surface area contributed by atoms with Gasteiger partial charge in [-0.3, -0.25) is 9.59 Å². The maximum atomic E-state index is 12.6. The van der Waals surface area contributed by atoms with E-state index in [1.54, 1.807) is 47.9 Å². The van der Waals surface area contributed by atoms with Crippen LogP contribution in [0.15, 0.2) is 72.2 Å². The number of anilines is 2. The largest absolute Gasteiger partial charge is 0.322 e. The smallest absolute Gasteiger partial charge is 0.267 e. The third-order valence-electron chi connectivity index (χ3n) is 3.96. The number of carbonyl (C=O) groups excluding carboxylic acids is 2. The summed E-state index contributed by atoms with van der Waals surface area (Å²) in [5.41, 5.74) is 1.41. The lowest BCUT2D eigenvalue weighted by molar-refractivity contribution is 0.101. The number of halogens is 1. The summed E-state index contributed by atoms with van der Waals surface area (Å²) in [4.78, 5) is 31.0. The van der Waals surface area contributed by atoms with Crippen molar-refractivity contribution in [2.24, 2.45) is 0 Å². The minimum Gasteiger partial charge on any atom is -0.322 e. The number of hydrogen-bond donors (Lipinski definition) is 2. The summed E-state index contributed by atoms with van der Waals surface area (Å²) < 4.78 is 0. The minimum atomic E-state index is -0.352. The first-order valence-electron chi connectivity index (χ1n) is 8.57. The Morgan fingerprint density at radius 2 is 1.69 bits per heavy atom. The fourth-order valence-electron chi connectivity index (χ4n) is 2.58. The van der Waals surface area contributed by atoms with E-state index in [1.165, 1.54) is 11.3 Å². The molecule has 5 nitrogen and oxygen atoms in total. The SMILES string of the molecule is O=C(Nc1ccc(Cl)c(C(=O)Nc2ccccc2)c1)c1cnc(-c2cccs2)s1. The van der Waals surface area contributed by atoms with Gasteiger partial charge >= 0.3 is 0 Å². The highest BCUT2D eigenvalue weighted by atomic mass is 35.5. The van der Waals surface area contributed by atoms with Crippen LogP contribution in [0.4, 0.5) is 11.4 Å². The first-order valence-corrected chi connectivity index (χ1v) is 10.6. The molecule has 144 valence electrons. The molecule has 0 aliphatic carbocycles. The van der Waals surface area contributed by atoms with E-state index >= 15 is 0 Å². The first kappa shape index (κ1) is 19.3. The fourth-order valence-corrected chi connectivity index (χ4v) is 4.40. The normalized spacial score (nSPS) is 10.5. The molecule has 0 aliphatic heterocycles. The number of amides is 2. The van der Waals surface area contributed by atoms with E-state index in [9.17, 15) is 9.59 Å². The molecule has 2 aromatic heterocycles. The van der Waals surface area contributed by atoms with Crippen molar-refractivity contribution in [1.82, 2.24) is 4.98 Å². The van der Waals surface area contributed by atoms with Crippen molar-refractivity contribution in [2.75, 3.05) is 10.6 Å². The molecule has 4 aromatic rings.